The number of benzene rings is 3. The van der Waals surface area contributed by atoms with Gasteiger partial charge in [-0.2, -0.15) is 0 Å². The molecule has 3 aromatic carbocycles. The molecule has 3 aromatic heterocycles. The van der Waals surface area contributed by atoms with Gasteiger partial charge >= 0.3 is 0 Å². The highest BCUT2D eigenvalue weighted by Gasteiger charge is 2.16. The van der Waals surface area contributed by atoms with E-state index in [0.717, 1.165) is 22.2 Å². The third-order valence-corrected chi connectivity index (χ3v) is 5.20. The average Bonchev–Trinajstić information content (AvgIpc) is 3.24. The van der Waals surface area contributed by atoms with Gasteiger partial charge in [-0.15, -0.1) is 0 Å². The smallest absolute Gasteiger partial charge is 0.140 e. The fourth-order valence-corrected chi connectivity index (χ4v) is 4.12. The van der Waals surface area contributed by atoms with E-state index in [-0.39, 0.29) is 0 Å². The van der Waals surface area contributed by atoms with E-state index in [2.05, 4.69) is 93.4 Å². The van der Waals surface area contributed by atoms with Crippen LogP contribution in [-0.2, 0) is 0 Å². The molecule has 26 heavy (non-hydrogen) atoms. The van der Waals surface area contributed by atoms with E-state index in [1.54, 1.807) is 0 Å². The minimum atomic E-state index is 0.922. The largest absolute Gasteiger partial charge is 0.339 e. The van der Waals surface area contributed by atoms with Crippen molar-refractivity contribution in [3.05, 3.63) is 85.1 Å². The van der Waals surface area contributed by atoms with Crippen LogP contribution in [0.4, 0.5) is 0 Å². The molecule has 3 heteroatoms. The molecule has 6 rings (SSSR count). The lowest BCUT2D eigenvalue weighted by Gasteiger charge is -2.09. The maximum atomic E-state index is 4.58. The first-order chi connectivity index (χ1) is 12.9. The van der Waals surface area contributed by atoms with E-state index in [1.807, 2.05) is 6.20 Å². The van der Waals surface area contributed by atoms with Gasteiger partial charge in [0, 0.05) is 27.9 Å². The topological polar surface area (TPSA) is 33.6 Å². The van der Waals surface area contributed by atoms with Gasteiger partial charge in [0.2, 0.25) is 0 Å². The Hall–Kier alpha value is -3.59. The number of nitrogens with zero attached hydrogens (tertiary/aromatic N) is 2. The first kappa shape index (κ1) is 13.7. The third-order valence-electron chi connectivity index (χ3n) is 5.20. The molecule has 0 aliphatic carbocycles. The van der Waals surface area contributed by atoms with Crippen molar-refractivity contribution < 1.29 is 0 Å². The van der Waals surface area contributed by atoms with Crippen molar-refractivity contribution in [3.8, 4) is 5.69 Å². The first-order valence-corrected chi connectivity index (χ1v) is 8.76. The molecule has 1 N–H and O–H groups in total. The molecule has 6 aromatic rings. The molecule has 3 nitrogen and oxygen atoms in total. The zero-order chi connectivity index (χ0) is 17.1. The number of pyridine rings is 1. The van der Waals surface area contributed by atoms with E-state index < -0.39 is 0 Å². The minimum Gasteiger partial charge on any atom is -0.339 e. The third kappa shape index (κ3) is 1.69. The standard InChI is InChI=1S/C23H15N3/c1-4-10-18-17(9-1)22-21(13-14-24-23(22)25-18)26-19-11-5-2-7-15(19)16-8-3-6-12-20(16)26/h1-14H,(H,24,25). The summed E-state index contributed by atoms with van der Waals surface area (Å²) in [5.41, 5.74) is 5.62. The van der Waals surface area contributed by atoms with Crippen LogP contribution in [0.1, 0.15) is 0 Å². The summed E-state index contributed by atoms with van der Waals surface area (Å²) in [5.74, 6) is 0. The quantitative estimate of drug-likeness (QED) is 0.404. The molecular formula is C23H15N3. The molecule has 0 aliphatic heterocycles. The van der Waals surface area contributed by atoms with Crippen molar-refractivity contribution >= 4 is 43.7 Å². The fraction of sp³-hybridized carbons (Fsp3) is 0. The van der Waals surface area contributed by atoms with E-state index in [9.17, 15) is 0 Å². The lowest BCUT2D eigenvalue weighted by Crippen LogP contribution is -1.95. The van der Waals surface area contributed by atoms with Gasteiger partial charge in [-0.3, -0.25) is 0 Å². The lowest BCUT2D eigenvalue weighted by molar-refractivity contribution is 1.18. The molecule has 0 aliphatic rings. The van der Waals surface area contributed by atoms with Crippen LogP contribution in [-0.4, -0.2) is 14.5 Å². The molecule has 0 radical (unpaired) electrons. The molecule has 0 unspecified atom stereocenters. The van der Waals surface area contributed by atoms with Crippen molar-refractivity contribution in [2.75, 3.05) is 0 Å². The highest BCUT2D eigenvalue weighted by atomic mass is 15.0. The second kappa shape index (κ2) is 4.96. The van der Waals surface area contributed by atoms with Crippen LogP contribution < -0.4 is 0 Å². The number of rotatable bonds is 1. The zero-order valence-corrected chi connectivity index (χ0v) is 14.0. The number of para-hydroxylation sites is 3. The normalized spacial score (nSPS) is 11.8. The number of hydrogen-bond acceptors (Lipinski definition) is 1. The molecule has 0 spiro atoms. The predicted octanol–water partition coefficient (Wildman–Crippen LogP) is 5.81. The summed E-state index contributed by atoms with van der Waals surface area (Å²) in [6.07, 6.45) is 1.89. The van der Waals surface area contributed by atoms with Gasteiger partial charge in [0.05, 0.1) is 22.1 Å². The van der Waals surface area contributed by atoms with Crippen LogP contribution in [0.5, 0.6) is 0 Å². The molecule has 0 saturated heterocycles. The molecular weight excluding hydrogens is 318 g/mol. The van der Waals surface area contributed by atoms with Crippen molar-refractivity contribution in [1.29, 1.82) is 0 Å². The number of aromatic amines is 1. The minimum absolute atomic E-state index is 0.922. The van der Waals surface area contributed by atoms with Crippen LogP contribution in [0.15, 0.2) is 85.1 Å². The Bertz CT molecular complexity index is 1380. The number of nitrogens with one attached hydrogen (secondary N) is 1. The van der Waals surface area contributed by atoms with Crippen LogP contribution in [0.25, 0.3) is 49.4 Å². The van der Waals surface area contributed by atoms with Gasteiger partial charge in [0.1, 0.15) is 5.65 Å². The summed E-state index contributed by atoms with van der Waals surface area (Å²) in [4.78, 5) is 8.03. The summed E-state index contributed by atoms with van der Waals surface area (Å²) >= 11 is 0. The first-order valence-electron chi connectivity index (χ1n) is 8.76. The van der Waals surface area contributed by atoms with Crippen molar-refractivity contribution in [3.63, 3.8) is 0 Å². The van der Waals surface area contributed by atoms with Gasteiger partial charge in [0.25, 0.3) is 0 Å². The molecule has 0 atom stereocenters. The summed E-state index contributed by atoms with van der Waals surface area (Å²) in [7, 11) is 0. The summed E-state index contributed by atoms with van der Waals surface area (Å²) in [6.45, 7) is 0. The Morgan fingerprint density at radius 2 is 1.27 bits per heavy atom. The Morgan fingerprint density at radius 3 is 2.00 bits per heavy atom. The van der Waals surface area contributed by atoms with Crippen LogP contribution in [0.2, 0.25) is 0 Å². The molecule has 0 fully saturated rings. The average molecular weight is 333 g/mol. The van der Waals surface area contributed by atoms with Crippen LogP contribution in [0, 0.1) is 0 Å². The zero-order valence-electron chi connectivity index (χ0n) is 14.0. The number of aromatic nitrogens is 3. The SMILES string of the molecule is c1ccc2c(c1)[nH]c1nccc(-n3c4ccccc4c4ccccc43)c12. The molecule has 0 amide bonds. The second-order valence-corrected chi connectivity index (χ2v) is 6.59. The Morgan fingerprint density at radius 1 is 0.654 bits per heavy atom. The molecule has 0 saturated carbocycles. The van der Waals surface area contributed by atoms with Gasteiger partial charge in [-0.25, -0.2) is 4.98 Å². The second-order valence-electron chi connectivity index (χ2n) is 6.59. The monoisotopic (exact) mass is 333 g/mol. The maximum absolute atomic E-state index is 4.58. The predicted molar refractivity (Wildman–Crippen MR) is 108 cm³/mol. The molecule has 0 bridgehead atoms. The number of fused-ring (bicyclic) bond motifs is 6. The Balaban J connectivity index is 1.87. The van der Waals surface area contributed by atoms with Crippen LogP contribution in [0.3, 0.4) is 0 Å². The fourth-order valence-electron chi connectivity index (χ4n) is 4.12. The maximum Gasteiger partial charge on any atom is 0.140 e. The van der Waals surface area contributed by atoms with Crippen molar-refractivity contribution in [2.45, 2.75) is 0 Å². The summed E-state index contributed by atoms with van der Waals surface area (Å²) in [6, 6.07) is 27.7. The van der Waals surface area contributed by atoms with Gasteiger partial charge < -0.3 is 9.55 Å². The van der Waals surface area contributed by atoms with Gasteiger partial charge in [-0.1, -0.05) is 54.6 Å². The van der Waals surface area contributed by atoms with Gasteiger partial charge in [-0.05, 0) is 24.3 Å². The lowest BCUT2D eigenvalue weighted by atomic mass is 10.1. The highest BCUT2D eigenvalue weighted by Crippen LogP contribution is 2.36. The number of H-pyrrole nitrogens is 1. The van der Waals surface area contributed by atoms with Crippen LogP contribution >= 0.6 is 0 Å². The number of hydrogen-bond donors (Lipinski definition) is 1. The Kier molecular flexibility index (Phi) is 2.61. The molecule has 122 valence electrons. The summed E-state index contributed by atoms with van der Waals surface area (Å²) in [5, 5.41) is 4.91. The highest BCUT2D eigenvalue weighted by molar-refractivity contribution is 6.14. The van der Waals surface area contributed by atoms with Crippen molar-refractivity contribution in [1.82, 2.24) is 14.5 Å². The van der Waals surface area contributed by atoms with E-state index in [4.69, 9.17) is 0 Å². The van der Waals surface area contributed by atoms with E-state index >= 15 is 0 Å². The van der Waals surface area contributed by atoms with E-state index in [0.29, 0.717) is 0 Å². The molecule has 3 heterocycles. The van der Waals surface area contributed by atoms with E-state index in [1.165, 1.54) is 27.2 Å². The summed E-state index contributed by atoms with van der Waals surface area (Å²) < 4.78 is 2.36. The van der Waals surface area contributed by atoms with Crippen molar-refractivity contribution in [2.24, 2.45) is 0 Å². The Labute approximate surface area is 149 Å². The van der Waals surface area contributed by atoms with Gasteiger partial charge in [0.15, 0.2) is 0 Å².